The summed E-state index contributed by atoms with van der Waals surface area (Å²) in [6.45, 7) is 12.4. The van der Waals surface area contributed by atoms with E-state index in [0.717, 1.165) is 19.8 Å². The van der Waals surface area contributed by atoms with Crippen LogP contribution in [0.15, 0.2) is 0 Å². The Morgan fingerprint density at radius 3 is 2.93 bits per heavy atom. The van der Waals surface area contributed by atoms with Crippen molar-refractivity contribution in [2.45, 2.75) is 33.4 Å². The Balaban J connectivity index is 2.04. The first-order valence-corrected chi connectivity index (χ1v) is 5.71. The maximum absolute atomic E-state index is 5.80. The summed E-state index contributed by atoms with van der Waals surface area (Å²) in [6, 6.07) is 0. The van der Waals surface area contributed by atoms with Crippen LogP contribution in [0.3, 0.4) is 0 Å². The molecule has 3 nitrogen and oxygen atoms in total. The Morgan fingerprint density at radius 1 is 1.43 bits per heavy atom. The van der Waals surface area contributed by atoms with Crippen molar-refractivity contribution in [2.24, 2.45) is 5.41 Å². The molecule has 0 aromatic carbocycles. The lowest BCUT2D eigenvalue weighted by molar-refractivity contribution is -0.120. The van der Waals surface area contributed by atoms with Gasteiger partial charge in [-0.2, -0.15) is 0 Å². The first kappa shape index (κ1) is 10.4. The van der Waals surface area contributed by atoms with E-state index in [4.69, 9.17) is 4.74 Å². The number of rotatable bonds is 2. The summed E-state index contributed by atoms with van der Waals surface area (Å²) in [6.07, 6.45) is 1.60. The maximum Gasteiger partial charge on any atom is 0.118 e. The Labute approximate surface area is 87.0 Å². The van der Waals surface area contributed by atoms with Crippen LogP contribution in [0.4, 0.5) is 0 Å². The highest BCUT2D eigenvalue weighted by Gasteiger charge is 2.43. The van der Waals surface area contributed by atoms with Gasteiger partial charge in [0.05, 0.1) is 13.3 Å². The van der Waals surface area contributed by atoms with Gasteiger partial charge in [-0.3, -0.25) is 9.80 Å². The molecule has 0 bridgehead atoms. The van der Waals surface area contributed by atoms with Crippen molar-refractivity contribution in [2.75, 3.05) is 32.9 Å². The van der Waals surface area contributed by atoms with Crippen molar-refractivity contribution >= 4 is 0 Å². The molecule has 2 aliphatic heterocycles. The maximum atomic E-state index is 5.80. The molecule has 0 aliphatic carbocycles. The molecule has 2 aliphatic rings. The van der Waals surface area contributed by atoms with E-state index in [1.165, 1.54) is 19.5 Å². The van der Waals surface area contributed by atoms with Gasteiger partial charge in [0.15, 0.2) is 0 Å². The SMILES string of the molecule is CCCN1CN2CCOC2C(C)(C)C1. The molecule has 2 fully saturated rings. The van der Waals surface area contributed by atoms with E-state index in [2.05, 4.69) is 30.6 Å². The lowest BCUT2D eigenvalue weighted by Crippen LogP contribution is -2.57. The summed E-state index contributed by atoms with van der Waals surface area (Å²) < 4.78 is 5.80. The molecule has 0 radical (unpaired) electrons. The molecule has 1 atom stereocenters. The van der Waals surface area contributed by atoms with Gasteiger partial charge in [-0.25, -0.2) is 0 Å². The smallest absolute Gasteiger partial charge is 0.118 e. The first-order valence-electron chi connectivity index (χ1n) is 5.71. The number of hydrogen-bond donors (Lipinski definition) is 0. The van der Waals surface area contributed by atoms with E-state index in [9.17, 15) is 0 Å². The van der Waals surface area contributed by atoms with Crippen molar-refractivity contribution in [3.63, 3.8) is 0 Å². The average molecular weight is 198 g/mol. The molecule has 0 N–H and O–H groups in total. The van der Waals surface area contributed by atoms with E-state index in [-0.39, 0.29) is 5.41 Å². The van der Waals surface area contributed by atoms with Crippen LogP contribution in [-0.4, -0.2) is 48.9 Å². The first-order chi connectivity index (χ1) is 6.63. The fourth-order valence-electron chi connectivity index (χ4n) is 2.80. The van der Waals surface area contributed by atoms with Crippen LogP contribution in [0, 0.1) is 5.41 Å². The van der Waals surface area contributed by atoms with Crippen LogP contribution >= 0.6 is 0 Å². The fraction of sp³-hybridized carbons (Fsp3) is 1.00. The second-order valence-electron chi connectivity index (χ2n) is 5.22. The Morgan fingerprint density at radius 2 is 2.21 bits per heavy atom. The van der Waals surface area contributed by atoms with Gasteiger partial charge in [0.1, 0.15) is 6.23 Å². The third-order valence-corrected chi connectivity index (χ3v) is 3.21. The molecule has 2 saturated heterocycles. The largest absolute Gasteiger partial charge is 0.361 e. The van der Waals surface area contributed by atoms with E-state index in [1.807, 2.05) is 0 Å². The summed E-state index contributed by atoms with van der Waals surface area (Å²) in [5.41, 5.74) is 0.282. The van der Waals surface area contributed by atoms with Crippen LogP contribution < -0.4 is 0 Å². The molecule has 14 heavy (non-hydrogen) atoms. The second kappa shape index (κ2) is 3.80. The summed E-state index contributed by atoms with van der Waals surface area (Å²) >= 11 is 0. The number of hydrogen-bond acceptors (Lipinski definition) is 3. The van der Waals surface area contributed by atoms with Gasteiger partial charge in [0.2, 0.25) is 0 Å². The quantitative estimate of drug-likeness (QED) is 0.666. The molecule has 0 amide bonds. The Hall–Kier alpha value is -0.120. The highest BCUT2D eigenvalue weighted by Crippen LogP contribution is 2.34. The molecule has 3 heteroatoms. The second-order valence-corrected chi connectivity index (χ2v) is 5.22. The zero-order valence-corrected chi connectivity index (χ0v) is 9.62. The summed E-state index contributed by atoms with van der Waals surface area (Å²) in [4.78, 5) is 5.02. The summed E-state index contributed by atoms with van der Waals surface area (Å²) in [7, 11) is 0. The molecule has 1 unspecified atom stereocenters. The normalized spacial score (nSPS) is 33.2. The van der Waals surface area contributed by atoms with Gasteiger partial charge in [-0.1, -0.05) is 20.8 Å². The van der Waals surface area contributed by atoms with Crippen LogP contribution in [0.1, 0.15) is 27.2 Å². The molecule has 0 aromatic rings. The molecule has 82 valence electrons. The lowest BCUT2D eigenvalue weighted by atomic mass is 9.88. The zero-order valence-electron chi connectivity index (χ0n) is 9.62. The Kier molecular flexibility index (Phi) is 2.82. The van der Waals surface area contributed by atoms with Crippen molar-refractivity contribution in [3.8, 4) is 0 Å². The van der Waals surface area contributed by atoms with E-state index < -0.39 is 0 Å². The van der Waals surface area contributed by atoms with Gasteiger partial charge >= 0.3 is 0 Å². The van der Waals surface area contributed by atoms with E-state index >= 15 is 0 Å². The molecule has 0 spiro atoms. The summed E-state index contributed by atoms with van der Waals surface area (Å²) in [5, 5.41) is 0. The van der Waals surface area contributed by atoms with Gasteiger partial charge in [0, 0.05) is 18.5 Å². The third-order valence-electron chi connectivity index (χ3n) is 3.21. The minimum absolute atomic E-state index is 0.282. The summed E-state index contributed by atoms with van der Waals surface area (Å²) in [5.74, 6) is 0. The average Bonchev–Trinajstić information content (AvgIpc) is 2.52. The third kappa shape index (κ3) is 1.81. The highest BCUT2D eigenvalue weighted by atomic mass is 16.5. The van der Waals surface area contributed by atoms with Crippen molar-refractivity contribution in [1.82, 2.24) is 9.80 Å². The van der Waals surface area contributed by atoms with Gasteiger partial charge in [0.25, 0.3) is 0 Å². The minimum Gasteiger partial charge on any atom is -0.361 e. The Bertz CT molecular complexity index is 205. The van der Waals surface area contributed by atoms with Gasteiger partial charge in [-0.05, 0) is 13.0 Å². The topological polar surface area (TPSA) is 15.7 Å². The van der Waals surface area contributed by atoms with Gasteiger partial charge in [-0.15, -0.1) is 0 Å². The van der Waals surface area contributed by atoms with E-state index in [0.29, 0.717) is 6.23 Å². The molecule has 2 rings (SSSR count). The predicted octanol–water partition coefficient (Wildman–Crippen LogP) is 1.35. The standard InChI is InChI=1S/C11H22N2O/c1-4-5-12-8-11(2,3)10-13(9-12)6-7-14-10/h10H,4-9H2,1-3H3. The molecule has 0 saturated carbocycles. The van der Waals surface area contributed by atoms with Crippen molar-refractivity contribution < 1.29 is 4.74 Å². The van der Waals surface area contributed by atoms with E-state index in [1.54, 1.807) is 0 Å². The van der Waals surface area contributed by atoms with Crippen LogP contribution in [-0.2, 0) is 4.74 Å². The molecule has 0 aromatic heterocycles. The molecular formula is C11H22N2O. The van der Waals surface area contributed by atoms with Crippen LogP contribution in [0.25, 0.3) is 0 Å². The van der Waals surface area contributed by atoms with Crippen LogP contribution in [0.5, 0.6) is 0 Å². The minimum atomic E-state index is 0.282. The van der Waals surface area contributed by atoms with Crippen molar-refractivity contribution in [1.29, 1.82) is 0 Å². The highest BCUT2D eigenvalue weighted by molar-refractivity contribution is 4.90. The monoisotopic (exact) mass is 198 g/mol. The number of fused-ring (bicyclic) bond motifs is 1. The predicted molar refractivity (Wildman–Crippen MR) is 57.0 cm³/mol. The fourth-order valence-corrected chi connectivity index (χ4v) is 2.80. The number of ether oxygens (including phenoxy) is 1. The van der Waals surface area contributed by atoms with Gasteiger partial charge < -0.3 is 4.74 Å². The van der Waals surface area contributed by atoms with Crippen molar-refractivity contribution in [3.05, 3.63) is 0 Å². The molecular weight excluding hydrogens is 176 g/mol. The lowest BCUT2D eigenvalue weighted by Gasteiger charge is -2.46. The van der Waals surface area contributed by atoms with Crippen LogP contribution in [0.2, 0.25) is 0 Å². The zero-order chi connectivity index (χ0) is 10.2. The number of nitrogens with zero attached hydrogens (tertiary/aromatic N) is 2. The molecule has 2 heterocycles.